The molecule has 0 aliphatic rings. The van der Waals surface area contributed by atoms with Crippen LogP contribution in [0.1, 0.15) is 19.4 Å². The quantitative estimate of drug-likeness (QED) is 0.685. The molecule has 0 spiro atoms. The third-order valence-corrected chi connectivity index (χ3v) is 3.17. The van der Waals surface area contributed by atoms with Crippen LogP contribution in [0.2, 0.25) is 5.02 Å². The summed E-state index contributed by atoms with van der Waals surface area (Å²) in [6.07, 6.45) is 0.607. The first kappa shape index (κ1) is 11.8. The Morgan fingerprint density at radius 3 is 2.57 bits per heavy atom. The number of halogens is 3. The third-order valence-electron chi connectivity index (χ3n) is 2.15. The maximum absolute atomic E-state index is 12.9. The second kappa shape index (κ2) is 4.99. The van der Waals surface area contributed by atoms with Crippen molar-refractivity contribution in [2.24, 2.45) is 5.92 Å². The van der Waals surface area contributed by atoms with Crippen molar-refractivity contribution >= 4 is 23.2 Å². The average Bonchev–Trinajstić information content (AvgIpc) is 2.11. The van der Waals surface area contributed by atoms with Gasteiger partial charge in [-0.25, -0.2) is 4.39 Å². The van der Waals surface area contributed by atoms with E-state index in [9.17, 15) is 4.39 Å². The Labute approximate surface area is 94.0 Å². The van der Waals surface area contributed by atoms with E-state index >= 15 is 0 Å². The van der Waals surface area contributed by atoms with Gasteiger partial charge >= 0.3 is 0 Å². The van der Waals surface area contributed by atoms with Gasteiger partial charge < -0.3 is 0 Å². The zero-order valence-corrected chi connectivity index (χ0v) is 9.74. The summed E-state index contributed by atoms with van der Waals surface area (Å²) in [5.41, 5.74) is 0.778. The van der Waals surface area contributed by atoms with Gasteiger partial charge in [0.15, 0.2) is 0 Å². The maximum Gasteiger partial charge on any atom is 0.123 e. The van der Waals surface area contributed by atoms with Crippen molar-refractivity contribution in [3.8, 4) is 0 Å². The predicted molar refractivity (Wildman–Crippen MR) is 59.6 cm³/mol. The molecule has 1 rings (SSSR count). The van der Waals surface area contributed by atoms with Crippen LogP contribution >= 0.6 is 23.2 Å². The molecular weight excluding hydrogens is 222 g/mol. The minimum absolute atomic E-state index is 0.00528. The molecule has 0 fully saturated rings. The van der Waals surface area contributed by atoms with E-state index in [4.69, 9.17) is 23.2 Å². The lowest BCUT2D eigenvalue weighted by Gasteiger charge is -2.14. The molecule has 1 atom stereocenters. The Morgan fingerprint density at radius 2 is 2.00 bits per heavy atom. The van der Waals surface area contributed by atoms with Crippen LogP contribution in [0.4, 0.5) is 4.39 Å². The molecule has 0 heterocycles. The molecule has 0 radical (unpaired) electrons. The first-order chi connectivity index (χ1) is 6.50. The van der Waals surface area contributed by atoms with Crippen LogP contribution in [0.3, 0.4) is 0 Å². The minimum Gasteiger partial charge on any atom is -0.207 e. The molecule has 0 saturated heterocycles. The molecule has 1 aromatic carbocycles. The molecule has 0 aliphatic heterocycles. The summed E-state index contributed by atoms with van der Waals surface area (Å²) in [5.74, 6) is 0.0908. The first-order valence-electron chi connectivity index (χ1n) is 4.58. The van der Waals surface area contributed by atoms with Crippen LogP contribution in [0, 0.1) is 11.7 Å². The van der Waals surface area contributed by atoms with Gasteiger partial charge in [0.1, 0.15) is 5.82 Å². The molecule has 1 unspecified atom stereocenters. The molecule has 14 heavy (non-hydrogen) atoms. The second-order valence-electron chi connectivity index (χ2n) is 3.70. The van der Waals surface area contributed by atoms with Gasteiger partial charge in [-0.3, -0.25) is 0 Å². The fourth-order valence-electron chi connectivity index (χ4n) is 1.15. The molecular formula is C11H13Cl2F. The summed E-state index contributed by atoms with van der Waals surface area (Å²) in [5, 5.41) is 0.576. The zero-order chi connectivity index (χ0) is 10.7. The van der Waals surface area contributed by atoms with Crippen molar-refractivity contribution in [2.75, 3.05) is 0 Å². The summed E-state index contributed by atoms with van der Waals surface area (Å²) in [7, 11) is 0. The Bertz CT molecular complexity index is 310. The topological polar surface area (TPSA) is 0 Å². The standard InChI is InChI=1S/C11H13Cl2F/c1-7(2)11(13)6-8-5-9(14)3-4-10(8)12/h3-5,7,11H,6H2,1-2H3. The first-order valence-corrected chi connectivity index (χ1v) is 5.40. The van der Waals surface area contributed by atoms with Crippen molar-refractivity contribution in [2.45, 2.75) is 25.6 Å². The van der Waals surface area contributed by atoms with E-state index in [1.165, 1.54) is 12.1 Å². The van der Waals surface area contributed by atoms with E-state index in [-0.39, 0.29) is 11.2 Å². The normalized spacial score (nSPS) is 13.3. The largest absolute Gasteiger partial charge is 0.207 e. The van der Waals surface area contributed by atoms with Gasteiger partial charge in [-0.2, -0.15) is 0 Å². The second-order valence-corrected chi connectivity index (χ2v) is 4.67. The highest BCUT2D eigenvalue weighted by Gasteiger charge is 2.12. The summed E-state index contributed by atoms with van der Waals surface area (Å²) in [4.78, 5) is 0. The van der Waals surface area contributed by atoms with Gasteiger partial charge in [0, 0.05) is 10.4 Å². The van der Waals surface area contributed by atoms with Crippen molar-refractivity contribution in [3.05, 3.63) is 34.6 Å². The van der Waals surface area contributed by atoms with Crippen LogP contribution in [0.15, 0.2) is 18.2 Å². The summed E-state index contributed by atoms with van der Waals surface area (Å²) in [6.45, 7) is 4.07. The lowest BCUT2D eigenvalue weighted by Crippen LogP contribution is -2.11. The lowest BCUT2D eigenvalue weighted by atomic mass is 10.0. The highest BCUT2D eigenvalue weighted by molar-refractivity contribution is 6.31. The monoisotopic (exact) mass is 234 g/mol. The van der Waals surface area contributed by atoms with E-state index in [2.05, 4.69) is 0 Å². The Morgan fingerprint density at radius 1 is 1.36 bits per heavy atom. The molecule has 3 heteroatoms. The van der Waals surface area contributed by atoms with Crippen LogP contribution < -0.4 is 0 Å². The van der Waals surface area contributed by atoms with Gasteiger partial charge in [-0.1, -0.05) is 25.4 Å². The van der Waals surface area contributed by atoms with Crippen LogP contribution in [0.5, 0.6) is 0 Å². The number of rotatable bonds is 3. The summed E-state index contributed by atoms with van der Waals surface area (Å²) in [6, 6.07) is 4.36. The molecule has 1 aromatic rings. The van der Waals surface area contributed by atoms with Gasteiger partial charge in [0.2, 0.25) is 0 Å². The van der Waals surface area contributed by atoms with E-state index < -0.39 is 0 Å². The summed E-state index contributed by atoms with van der Waals surface area (Å²) >= 11 is 12.0. The molecule has 0 bridgehead atoms. The van der Waals surface area contributed by atoms with Crippen molar-refractivity contribution in [1.29, 1.82) is 0 Å². The van der Waals surface area contributed by atoms with Gasteiger partial charge in [0.25, 0.3) is 0 Å². The Balaban J connectivity index is 2.80. The maximum atomic E-state index is 12.9. The van der Waals surface area contributed by atoms with Crippen molar-refractivity contribution in [3.63, 3.8) is 0 Å². The van der Waals surface area contributed by atoms with Gasteiger partial charge in [0.05, 0.1) is 0 Å². The zero-order valence-electron chi connectivity index (χ0n) is 8.23. The fourth-order valence-corrected chi connectivity index (χ4v) is 1.51. The lowest BCUT2D eigenvalue weighted by molar-refractivity contribution is 0.590. The van der Waals surface area contributed by atoms with Crippen molar-refractivity contribution in [1.82, 2.24) is 0 Å². The fraction of sp³-hybridized carbons (Fsp3) is 0.455. The number of hydrogen-bond acceptors (Lipinski definition) is 0. The SMILES string of the molecule is CC(C)C(Cl)Cc1cc(F)ccc1Cl. The molecule has 0 N–H and O–H groups in total. The van der Waals surface area contributed by atoms with Crippen molar-refractivity contribution < 1.29 is 4.39 Å². The van der Waals surface area contributed by atoms with Gasteiger partial charge in [-0.05, 0) is 36.1 Å². The predicted octanol–water partition coefficient (Wildman–Crippen LogP) is 4.29. The molecule has 0 nitrogen and oxygen atoms in total. The molecule has 78 valence electrons. The van der Waals surface area contributed by atoms with E-state index in [1.807, 2.05) is 13.8 Å². The molecule has 0 amide bonds. The molecule has 0 aliphatic carbocycles. The number of alkyl halides is 1. The minimum atomic E-state index is -0.267. The van der Waals surface area contributed by atoms with Crippen LogP contribution in [-0.4, -0.2) is 5.38 Å². The number of hydrogen-bond donors (Lipinski definition) is 0. The molecule has 0 saturated carbocycles. The Kier molecular flexibility index (Phi) is 4.21. The highest BCUT2D eigenvalue weighted by Crippen LogP contribution is 2.22. The average molecular weight is 235 g/mol. The third kappa shape index (κ3) is 3.14. The van der Waals surface area contributed by atoms with E-state index in [0.29, 0.717) is 17.4 Å². The molecule has 0 aromatic heterocycles. The Hall–Kier alpha value is -0.270. The van der Waals surface area contributed by atoms with Crippen LogP contribution in [0.25, 0.3) is 0 Å². The van der Waals surface area contributed by atoms with E-state index in [1.54, 1.807) is 6.07 Å². The smallest absolute Gasteiger partial charge is 0.123 e. The van der Waals surface area contributed by atoms with Crippen LogP contribution in [-0.2, 0) is 6.42 Å². The van der Waals surface area contributed by atoms with Gasteiger partial charge in [-0.15, -0.1) is 11.6 Å². The van der Waals surface area contributed by atoms with E-state index in [0.717, 1.165) is 5.56 Å². The number of benzene rings is 1. The highest BCUT2D eigenvalue weighted by atomic mass is 35.5. The summed E-state index contributed by atoms with van der Waals surface area (Å²) < 4.78 is 12.9.